The molecule has 24 heavy (non-hydrogen) atoms. The maximum atomic E-state index is 13.4. The van der Waals surface area contributed by atoms with E-state index in [0.29, 0.717) is 4.90 Å². The van der Waals surface area contributed by atoms with Gasteiger partial charge in [-0.2, -0.15) is 0 Å². The van der Waals surface area contributed by atoms with Gasteiger partial charge in [0, 0.05) is 10.6 Å². The Hall–Kier alpha value is -2.33. The molecule has 1 aromatic heterocycles. The third-order valence-electron chi connectivity index (χ3n) is 4.90. The van der Waals surface area contributed by atoms with Gasteiger partial charge in [0.2, 0.25) is 0 Å². The first-order chi connectivity index (χ1) is 11.4. The first-order valence-corrected chi connectivity index (χ1v) is 9.49. The van der Waals surface area contributed by atoms with Crippen LogP contribution in [0.1, 0.15) is 19.4 Å². The summed E-state index contributed by atoms with van der Waals surface area (Å²) in [5.41, 5.74) is 2.88. The number of benzene rings is 2. The molecule has 0 aliphatic heterocycles. The van der Waals surface area contributed by atoms with Crippen LogP contribution in [0, 0.1) is 12.8 Å². The molecule has 1 aliphatic rings. The van der Waals surface area contributed by atoms with Gasteiger partial charge in [-0.1, -0.05) is 48.9 Å². The van der Waals surface area contributed by atoms with Crippen LogP contribution in [-0.2, 0) is 10.0 Å². The molecule has 0 bridgehead atoms. The van der Waals surface area contributed by atoms with E-state index < -0.39 is 10.0 Å². The third kappa shape index (κ3) is 1.99. The molecule has 1 unspecified atom stereocenters. The molecule has 122 valence electrons. The molecule has 0 amide bonds. The summed E-state index contributed by atoms with van der Waals surface area (Å²) in [4.78, 5) is 0.323. The van der Waals surface area contributed by atoms with Crippen LogP contribution in [0.2, 0.25) is 0 Å². The SMILES string of the molecule is CC1=c2c(c3ccccc3n2S(=O)(=O)c2ccc(C)cc2)=CC1C. The summed E-state index contributed by atoms with van der Waals surface area (Å²) in [6.45, 7) is 6.08. The molecule has 3 aromatic rings. The topological polar surface area (TPSA) is 39.1 Å². The molecule has 0 saturated heterocycles. The van der Waals surface area contributed by atoms with E-state index >= 15 is 0 Å². The molecule has 0 N–H and O–H groups in total. The van der Waals surface area contributed by atoms with Gasteiger partial charge in [0.1, 0.15) is 0 Å². The normalized spacial score (nSPS) is 17.1. The summed E-state index contributed by atoms with van der Waals surface area (Å²) in [5, 5.41) is 2.85. The Bertz CT molecular complexity index is 1180. The van der Waals surface area contributed by atoms with Gasteiger partial charge in [0.25, 0.3) is 10.0 Å². The number of hydrogen-bond donors (Lipinski definition) is 0. The highest BCUT2D eigenvalue weighted by molar-refractivity contribution is 7.90. The van der Waals surface area contributed by atoms with Crippen molar-refractivity contribution < 1.29 is 8.42 Å². The van der Waals surface area contributed by atoms with E-state index in [1.807, 2.05) is 50.2 Å². The monoisotopic (exact) mass is 337 g/mol. The standard InChI is InChI=1S/C20H19NO2S/c1-13-8-10-16(11-9-13)24(22,23)21-19-7-5-4-6-17(19)18-12-14(2)15(3)20(18)21/h4-12,14H,1-3H3. The third-order valence-corrected chi connectivity index (χ3v) is 6.63. The molecule has 1 aliphatic carbocycles. The van der Waals surface area contributed by atoms with Gasteiger partial charge in [0.15, 0.2) is 0 Å². The van der Waals surface area contributed by atoms with Crippen LogP contribution in [0.25, 0.3) is 22.6 Å². The zero-order valence-electron chi connectivity index (χ0n) is 13.9. The fourth-order valence-electron chi connectivity index (χ4n) is 3.43. The van der Waals surface area contributed by atoms with Crippen molar-refractivity contribution in [3.63, 3.8) is 0 Å². The van der Waals surface area contributed by atoms with Gasteiger partial charge in [-0.25, -0.2) is 12.4 Å². The number of aromatic nitrogens is 1. The summed E-state index contributed by atoms with van der Waals surface area (Å²) >= 11 is 0. The van der Waals surface area contributed by atoms with Crippen molar-refractivity contribution in [2.24, 2.45) is 5.92 Å². The van der Waals surface area contributed by atoms with Crippen LogP contribution in [0.3, 0.4) is 0 Å². The predicted octanol–water partition coefficient (Wildman–Crippen LogP) is 2.79. The first-order valence-electron chi connectivity index (χ1n) is 8.05. The van der Waals surface area contributed by atoms with Crippen molar-refractivity contribution in [1.29, 1.82) is 0 Å². The Labute approximate surface area is 141 Å². The van der Waals surface area contributed by atoms with Crippen LogP contribution in [0.5, 0.6) is 0 Å². The average Bonchev–Trinajstić information content (AvgIpc) is 3.03. The van der Waals surface area contributed by atoms with Crippen molar-refractivity contribution in [2.45, 2.75) is 25.7 Å². The highest BCUT2D eigenvalue weighted by atomic mass is 32.2. The average molecular weight is 337 g/mol. The Balaban J connectivity index is 2.17. The number of aryl methyl sites for hydroxylation is 1. The molecule has 4 rings (SSSR count). The fourth-order valence-corrected chi connectivity index (χ4v) is 5.02. The molecule has 1 heterocycles. The highest BCUT2D eigenvalue weighted by Crippen LogP contribution is 2.22. The zero-order chi connectivity index (χ0) is 17.1. The quantitative estimate of drug-likeness (QED) is 0.721. The summed E-state index contributed by atoms with van der Waals surface area (Å²) in [5.74, 6) is 0.249. The fraction of sp³-hybridized carbons (Fsp3) is 0.200. The number of rotatable bonds is 2. The molecule has 0 saturated carbocycles. The number of nitrogens with zero attached hydrogens (tertiary/aromatic N) is 1. The van der Waals surface area contributed by atoms with Crippen LogP contribution in [0.4, 0.5) is 0 Å². The van der Waals surface area contributed by atoms with Gasteiger partial charge >= 0.3 is 0 Å². The van der Waals surface area contributed by atoms with Crippen LogP contribution in [-0.4, -0.2) is 12.4 Å². The van der Waals surface area contributed by atoms with Crippen LogP contribution in [0.15, 0.2) is 53.4 Å². The lowest BCUT2D eigenvalue weighted by Gasteiger charge is -2.11. The van der Waals surface area contributed by atoms with Gasteiger partial charge in [-0.3, -0.25) is 0 Å². The molecule has 3 nitrogen and oxygen atoms in total. The van der Waals surface area contributed by atoms with Gasteiger partial charge in [-0.15, -0.1) is 0 Å². The summed E-state index contributed by atoms with van der Waals surface area (Å²) in [6, 6.07) is 14.8. The minimum atomic E-state index is -3.64. The van der Waals surface area contributed by atoms with Crippen molar-refractivity contribution in [1.82, 2.24) is 3.97 Å². The number of hydrogen-bond acceptors (Lipinski definition) is 2. The molecule has 4 heteroatoms. The van der Waals surface area contributed by atoms with E-state index in [1.165, 1.54) is 3.97 Å². The number of para-hydroxylation sites is 1. The van der Waals surface area contributed by atoms with E-state index in [4.69, 9.17) is 0 Å². The van der Waals surface area contributed by atoms with Crippen molar-refractivity contribution in [3.05, 3.63) is 64.7 Å². The van der Waals surface area contributed by atoms with Gasteiger partial charge in [0.05, 0.1) is 15.8 Å². The van der Waals surface area contributed by atoms with E-state index in [9.17, 15) is 8.42 Å². The molecule has 0 spiro atoms. The van der Waals surface area contributed by atoms with E-state index in [1.54, 1.807) is 12.1 Å². The Morgan fingerprint density at radius 3 is 2.33 bits per heavy atom. The Kier molecular flexibility index (Phi) is 3.22. The summed E-state index contributed by atoms with van der Waals surface area (Å²) < 4.78 is 28.3. The van der Waals surface area contributed by atoms with Crippen LogP contribution < -0.4 is 10.6 Å². The minimum Gasteiger partial charge on any atom is -0.233 e. The molecular weight excluding hydrogens is 318 g/mol. The van der Waals surface area contributed by atoms with Crippen molar-refractivity contribution >= 4 is 32.6 Å². The molecule has 0 radical (unpaired) electrons. The zero-order valence-corrected chi connectivity index (χ0v) is 14.8. The van der Waals surface area contributed by atoms with E-state index in [0.717, 1.165) is 32.6 Å². The van der Waals surface area contributed by atoms with E-state index in [2.05, 4.69) is 13.0 Å². The Morgan fingerprint density at radius 2 is 1.62 bits per heavy atom. The first kappa shape index (κ1) is 15.2. The second-order valence-corrected chi connectivity index (χ2v) is 8.29. The van der Waals surface area contributed by atoms with Crippen LogP contribution >= 0.6 is 0 Å². The number of fused-ring (bicyclic) bond motifs is 3. The smallest absolute Gasteiger partial charge is 0.233 e. The summed E-state index contributed by atoms with van der Waals surface area (Å²) in [7, 11) is -3.64. The maximum absolute atomic E-state index is 13.4. The van der Waals surface area contributed by atoms with Crippen molar-refractivity contribution in [2.75, 3.05) is 0 Å². The second kappa shape index (κ2) is 5.08. The molecule has 2 aromatic carbocycles. The highest BCUT2D eigenvalue weighted by Gasteiger charge is 2.25. The maximum Gasteiger partial charge on any atom is 0.268 e. The lowest BCUT2D eigenvalue weighted by Crippen LogP contribution is -2.32. The Morgan fingerprint density at radius 1 is 0.958 bits per heavy atom. The summed E-state index contributed by atoms with van der Waals surface area (Å²) in [6.07, 6.45) is 2.16. The molecule has 1 atom stereocenters. The predicted molar refractivity (Wildman–Crippen MR) is 97.7 cm³/mol. The lowest BCUT2D eigenvalue weighted by atomic mass is 10.1. The second-order valence-electron chi connectivity index (χ2n) is 6.50. The van der Waals surface area contributed by atoms with Gasteiger partial charge < -0.3 is 0 Å². The lowest BCUT2D eigenvalue weighted by molar-refractivity contribution is 0.587. The van der Waals surface area contributed by atoms with Gasteiger partial charge in [-0.05, 0) is 43.5 Å². The van der Waals surface area contributed by atoms with E-state index in [-0.39, 0.29) is 5.92 Å². The minimum absolute atomic E-state index is 0.249. The van der Waals surface area contributed by atoms with Crippen molar-refractivity contribution in [3.8, 4) is 0 Å². The molecule has 0 fully saturated rings. The molecular formula is C20H19NO2S. The largest absolute Gasteiger partial charge is 0.268 e.